The molecule has 0 fully saturated rings. The molecule has 0 saturated heterocycles. The highest BCUT2D eigenvalue weighted by molar-refractivity contribution is 7.99. The molecule has 0 atom stereocenters. The van der Waals surface area contributed by atoms with E-state index in [1.54, 1.807) is 18.9 Å². The molecule has 1 heterocycles. The number of methoxy groups -OCH3 is 1. The minimum absolute atomic E-state index is 0.00247. The average Bonchev–Trinajstić information content (AvgIpc) is 2.85. The summed E-state index contributed by atoms with van der Waals surface area (Å²) in [6.45, 7) is 4.26. The molecule has 22 heavy (non-hydrogen) atoms. The van der Waals surface area contributed by atoms with E-state index in [0.717, 1.165) is 34.1 Å². The van der Waals surface area contributed by atoms with Gasteiger partial charge in [0.1, 0.15) is 11.5 Å². The third kappa shape index (κ3) is 4.27. The van der Waals surface area contributed by atoms with Gasteiger partial charge >= 0.3 is 0 Å². The Kier molecular flexibility index (Phi) is 5.89. The molecule has 0 aliphatic heterocycles. The zero-order chi connectivity index (χ0) is 15.9. The number of hydrogen-bond acceptors (Lipinski definition) is 5. The van der Waals surface area contributed by atoms with Gasteiger partial charge in [0.05, 0.1) is 18.6 Å². The first-order valence-electron chi connectivity index (χ1n) is 7.00. The van der Waals surface area contributed by atoms with Crippen LogP contribution in [-0.2, 0) is 17.1 Å². The summed E-state index contributed by atoms with van der Waals surface area (Å²) in [6, 6.07) is 7.66. The van der Waals surface area contributed by atoms with Crippen LogP contribution in [0.2, 0.25) is 0 Å². The van der Waals surface area contributed by atoms with Crippen LogP contribution in [0.3, 0.4) is 0 Å². The quantitative estimate of drug-likeness (QED) is 0.850. The molecule has 2 rings (SSSR count). The number of aryl methyl sites for hydroxylation is 2. The smallest absolute Gasteiger partial charge is 0.230 e. The molecule has 1 N–H and O–H groups in total. The number of carbonyl (C=O) groups is 1. The SMILES string of the molecule is COc1ccccc1CNC(=O)CSCc1c(C)noc1C. The molecule has 0 radical (unpaired) electrons. The van der Waals surface area contributed by atoms with Crippen molar-refractivity contribution in [3.05, 3.63) is 46.8 Å². The molecule has 2 aromatic rings. The first kappa shape index (κ1) is 16.4. The lowest BCUT2D eigenvalue weighted by atomic mass is 10.2. The maximum absolute atomic E-state index is 11.9. The number of nitrogens with one attached hydrogen (secondary N) is 1. The normalized spacial score (nSPS) is 10.5. The number of amides is 1. The van der Waals surface area contributed by atoms with Gasteiger partial charge in [0, 0.05) is 23.4 Å². The van der Waals surface area contributed by atoms with Crippen molar-refractivity contribution in [2.45, 2.75) is 26.1 Å². The molecule has 0 aliphatic rings. The van der Waals surface area contributed by atoms with Gasteiger partial charge in [-0.15, -0.1) is 11.8 Å². The second kappa shape index (κ2) is 7.89. The number of para-hydroxylation sites is 1. The predicted molar refractivity (Wildman–Crippen MR) is 87.0 cm³/mol. The maximum Gasteiger partial charge on any atom is 0.230 e. The number of rotatable bonds is 7. The fraction of sp³-hybridized carbons (Fsp3) is 0.375. The molecule has 1 aromatic heterocycles. The molecular weight excluding hydrogens is 300 g/mol. The number of carbonyl (C=O) groups excluding carboxylic acids is 1. The summed E-state index contributed by atoms with van der Waals surface area (Å²) in [5.74, 6) is 2.73. The van der Waals surface area contributed by atoms with Crippen molar-refractivity contribution in [1.29, 1.82) is 0 Å². The lowest BCUT2D eigenvalue weighted by molar-refractivity contribution is -0.118. The summed E-state index contributed by atoms with van der Waals surface area (Å²) >= 11 is 1.55. The van der Waals surface area contributed by atoms with Crippen molar-refractivity contribution in [2.75, 3.05) is 12.9 Å². The molecule has 0 unspecified atom stereocenters. The van der Waals surface area contributed by atoms with Crippen LogP contribution < -0.4 is 10.1 Å². The summed E-state index contributed by atoms with van der Waals surface area (Å²) in [7, 11) is 1.63. The minimum atomic E-state index is 0.00247. The van der Waals surface area contributed by atoms with Crippen LogP contribution in [0, 0.1) is 13.8 Å². The number of thioether (sulfide) groups is 1. The summed E-state index contributed by atoms with van der Waals surface area (Å²) in [5.41, 5.74) is 2.93. The second-order valence-electron chi connectivity index (χ2n) is 4.88. The molecule has 6 heteroatoms. The fourth-order valence-corrected chi connectivity index (χ4v) is 3.05. The molecule has 0 bridgehead atoms. The molecule has 0 saturated carbocycles. The van der Waals surface area contributed by atoms with E-state index in [4.69, 9.17) is 9.26 Å². The van der Waals surface area contributed by atoms with E-state index in [1.165, 1.54) is 0 Å². The predicted octanol–water partition coefficient (Wildman–Crippen LogP) is 2.85. The molecular formula is C16H20N2O3S. The van der Waals surface area contributed by atoms with Gasteiger partial charge in [0.2, 0.25) is 5.91 Å². The zero-order valence-corrected chi connectivity index (χ0v) is 13.8. The monoisotopic (exact) mass is 320 g/mol. The largest absolute Gasteiger partial charge is 0.496 e. The van der Waals surface area contributed by atoms with Gasteiger partial charge in [-0.05, 0) is 19.9 Å². The van der Waals surface area contributed by atoms with Crippen LogP contribution in [0.5, 0.6) is 5.75 Å². The Morgan fingerprint density at radius 2 is 2.14 bits per heavy atom. The van der Waals surface area contributed by atoms with Gasteiger partial charge < -0.3 is 14.6 Å². The Morgan fingerprint density at radius 3 is 2.82 bits per heavy atom. The highest BCUT2D eigenvalue weighted by Gasteiger charge is 2.10. The van der Waals surface area contributed by atoms with Crippen molar-refractivity contribution in [3.8, 4) is 5.75 Å². The van der Waals surface area contributed by atoms with E-state index < -0.39 is 0 Å². The van der Waals surface area contributed by atoms with Crippen LogP contribution in [0.15, 0.2) is 28.8 Å². The lowest BCUT2D eigenvalue weighted by Crippen LogP contribution is -2.24. The Bertz CT molecular complexity index is 621. The summed E-state index contributed by atoms with van der Waals surface area (Å²) in [4.78, 5) is 11.9. The molecule has 1 amide bonds. The Hall–Kier alpha value is -1.95. The van der Waals surface area contributed by atoms with Crippen molar-refractivity contribution in [1.82, 2.24) is 10.5 Å². The highest BCUT2D eigenvalue weighted by Crippen LogP contribution is 2.19. The molecule has 118 valence electrons. The first-order valence-corrected chi connectivity index (χ1v) is 8.15. The van der Waals surface area contributed by atoms with Crippen molar-refractivity contribution in [2.24, 2.45) is 0 Å². The van der Waals surface area contributed by atoms with E-state index in [2.05, 4.69) is 10.5 Å². The maximum atomic E-state index is 11.9. The van der Waals surface area contributed by atoms with E-state index in [1.807, 2.05) is 38.1 Å². The third-order valence-corrected chi connectivity index (χ3v) is 4.29. The lowest BCUT2D eigenvalue weighted by Gasteiger charge is -2.09. The standard InChI is InChI=1S/C16H20N2O3S/c1-11-14(12(2)21-18-11)9-22-10-16(19)17-8-13-6-4-5-7-15(13)20-3/h4-7H,8-10H2,1-3H3,(H,17,19). The second-order valence-corrected chi connectivity index (χ2v) is 5.87. The van der Waals surface area contributed by atoms with Crippen LogP contribution in [0.4, 0.5) is 0 Å². The Labute approximate surface area is 134 Å². The van der Waals surface area contributed by atoms with Gasteiger partial charge in [-0.25, -0.2) is 0 Å². The van der Waals surface area contributed by atoms with Crippen LogP contribution in [-0.4, -0.2) is 23.9 Å². The van der Waals surface area contributed by atoms with E-state index >= 15 is 0 Å². The molecule has 5 nitrogen and oxygen atoms in total. The van der Waals surface area contributed by atoms with Gasteiger partial charge in [0.15, 0.2) is 0 Å². The van der Waals surface area contributed by atoms with Gasteiger partial charge in [-0.2, -0.15) is 0 Å². The van der Waals surface area contributed by atoms with Gasteiger partial charge in [-0.1, -0.05) is 23.4 Å². The van der Waals surface area contributed by atoms with Crippen molar-refractivity contribution in [3.63, 3.8) is 0 Å². The number of nitrogens with zero attached hydrogens (tertiary/aromatic N) is 1. The zero-order valence-electron chi connectivity index (χ0n) is 13.0. The van der Waals surface area contributed by atoms with Crippen molar-refractivity contribution < 1.29 is 14.1 Å². The summed E-state index contributed by atoms with van der Waals surface area (Å²) in [6.07, 6.45) is 0. The molecule has 0 spiro atoms. The van der Waals surface area contributed by atoms with E-state index in [0.29, 0.717) is 12.3 Å². The van der Waals surface area contributed by atoms with Gasteiger partial charge in [0.25, 0.3) is 0 Å². The fourth-order valence-electron chi connectivity index (χ4n) is 2.05. The molecule has 1 aromatic carbocycles. The number of benzene rings is 1. The van der Waals surface area contributed by atoms with E-state index in [-0.39, 0.29) is 5.91 Å². The third-order valence-electron chi connectivity index (χ3n) is 3.33. The first-order chi connectivity index (χ1) is 10.6. The minimum Gasteiger partial charge on any atom is -0.496 e. The topological polar surface area (TPSA) is 64.4 Å². The Balaban J connectivity index is 1.77. The molecule has 0 aliphatic carbocycles. The van der Waals surface area contributed by atoms with Crippen LogP contribution >= 0.6 is 11.8 Å². The Morgan fingerprint density at radius 1 is 1.36 bits per heavy atom. The highest BCUT2D eigenvalue weighted by atomic mass is 32.2. The number of ether oxygens (including phenoxy) is 1. The number of hydrogen-bond donors (Lipinski definition) is 1. The van der Waals surface area contributed by atoms with Gasteiger partial charge in [-0.3, -0.25) is 4.79 Å². The van der Waals surface area contributed by atoms with E-state index in [9.17, 15) is 4.79 Å². The van der Waals surface area contributed by atoms with Crippen LogP contribution in [0.1, 0.15) is 22.6 Å². The summed E-state index contributed by atoms with van der Waals surface area (Å²) < 4.78 is 10.4. The van der Waals surface area contributed by atoms with Crippen LogP contribution in [0.25, 0.3) is 0 Å². The number of aromatic nitrogens is 1. The summed E-state index contributed by atoms with van der Waals surface area (Å²) in [5, 5.41) is 6.81. The average molecular weight is 320 g/mol. The van der Waals surface area contributed by atoms with Crippen molar-refractivity contribution >= 4 is 17.7 Å².